The van der Waals surface area contributed by atoms with Crippen LogP contribution in [-0.2, 0) is 17.6 Å². The van der Waals surface area contributed by atoms with Gasteiger partial charge in [-0.25, -0.2) is 19.1 Å². The first kappa shape index (κ1) is 27.4. The Morgan fingerprint density at radius 3 is 2.33 bits per heavy atom. The monoisotopic (exact) mass is 551 g/mol. The number of amides is 1. The van der Waals surface area contributed by atoms with Crippen molar-refractivity contribution in [3.05, 3.63) is 56.6 Å². The number of carbonyl (C=O) groups is 1. The molecule has 39 heavy (non-hydrogen) atoms. The summed E-state index contributed by atoms with van der Waals surface area (Å²) in [5.74, 6) is 0.886. The van der Waals surface area contributed by atoms with Crippen LogP contribution in [0.25, 0.3) is 16.7 Å². The molecule has 3 heterocycles. The van der Waals surface area contributed by atoms with E-state index in [1.54, 1.807) is 9.47 Å². The molecule has 1 saturated carbocycles. The quantitative estimate of drug-likeness (QED) is 0.394. The van der Waals surface area contributed by atoms with Crippen LogP contribution in [0, 0.1) is 0 Å². The number of halogens is 1. The van der Waals surface area contributed by atoms with Crippen LogP contribution in [0.2, 0.25) is 5.02 Å². The van der Waals surface area contributed by atoms with Crippen LogP contribution >= 0.6 is 11.6 Å². The lowest BCUT2D eigenvalue weighted by Crippen LogP contribution is -2.55. The van der Waals surface area contributed by atoms with Crippen molar-refractivity contribution in [2.45, 2.75) is 84.8 Å². The predicted molar refractivity (Wildman–Crippen MR) is 155 cm³/mol. The SMILES string of the molecule is CCc1cccc(CC)c1-n1c(=O)nc(N2CCN(C(=O)OC(C)(C)C)CC2C)c2cc(Cl)c(C3CC3)nc21. The lowest BCUT2D eigenvalue weighted by Gasteiger charge is -2.41. The van der Waals surface area contributed by atoms with Crippen LogP contribution in [-0.4, -0.2) is 56.8 Å². The normalized spacial score (nSPS) is 18.1. The van der Waals surface area contributed by atoms with E-state index in [0.29, 0.717) is 42.0 Å². The van der Waals surface area contributed by atoms with E-state index in [9.17, 15) is 9.59 Å². The van der Waals surface area contributed by atoms with Gasteiger partial charge in [0.1, 0.15) is 11.4 Å². The Balaban J connectivity index is 1.64. The highest BCUT2D eigenvalue weighted by atomic mass is 35.5. The van der Waals surface area contributed by atoms with Gasteiger partial charge in [-0.3, -0.25) is 0 Å². The number of carbonyl (C=O) groups excluding carboxylic acids is 1. The van der Waals surface area contributed by atoms with Crippen molar-refractivity contribution in [2.75, 3.05) is 24.5 Å². The first-order valence-corrected chi connectivity index (χ1v) is 14.4. The molecule has 0 spiro atoms. The molecule has 1 aromatic carbocycles. The van der Waals surface area contributed by atoms with Crippen LogP contribution < -0.4 is 10.6 Å². The Morgan fingerprint density at radius 1 is 1.10 bits per heavy atom. The van der Waals surface area contributed by atoms with E-state index in [2.05, 4.69) is 35.9 Å². The van der Waals surface area contributed by atoms with Crippen molar-refractivity contribution in [1.82, 2.24) is 19.4 Å². The van der Waals surface area contributed by atoms with Gasteiger partial charge in [0.05, 0.1) is 21.8 Å². The summed E-state index contributed by atoms with van der Waals surface area (Å²) in [4.78, 5) is 40.2. The van der Waals surface area contributed by atoms with Crippen LogP contribution in [0.1, 0.15) is 77.1 Å². The molecule has 3 aromatic rings. The smallest absolute Gasteiger partial charge is 0.410 e. The Bertz CT molecular complexity index is 1450. The summed E-state index contributed by atoms with van der Waals surface area (Å²) in [6.45, 7) is 13.3. The molecule has 0 N–H and O–H groups in total. The first-order chi connectivity index (χ1) is 18.5. The van der Waals surface area contributed by atoms with E-state index in [4.69, 9.17) is 21.3 Å². The van der Waals surface area contributed by atoms with Crippen LogP contribution in [0.5, 0.6) is 0 Å². The molecule has 2 fully saturated rings. The molecule has 1 unspecified atom stereocenters. The molecule has 2 aromatic heterocycles. The maximum atomic E-state index is 13.9. The highest BCUT2D eigenvalue weighted by Crippen LogP contribution is 2.44. The highest BCUT2D eigenvalue weighted by molar-refractivity contribution is 6.32. The average molecular weight is 552 g/mol. The van der Waals surface area contributed by atoms with Crippen LogP contribution in [0.4, 0.5) is 10.6 Å². The zero-order valence-corrected chi connectivity index (χ0v) is 24.5. The molecule has 5 rings (SSSR count). The molecule has 0 radical (unpaired) electrons. The van der Waals surface area contributed by atoms with Gasteiger partial charge >= 0.3 is 11.8 Å². The molecule has 208 valence electrons. The zero-order chi connectivity index (χ0) is 28.1. The van der Waals surface area contributed by atoms with Gasteiger partial charge < -0.3 is 14.5 Å². The number of rotatable bonds is 5. The second-order valence-corrected chi connectivity index (χ2v) is 12.1. The van der Waals surface area contributed by atoms with Crippen molar-refractivity contribution in [1.29, 1.82) is 0 Å². The number of anilines is 1. The highest BCUT2D eigenvalue weighted by Gasteiger charge is 2.34. The molecule has 1 amide bonds. The summed E-state index contributed by atoms with van der Waals surface area (Å²) in [7, 11) is 0. The number of ether oxygens (including phenoxy) is 1. The van der Waals surface area contributed by atoms with Gasteiger partial charge in [0.25, 0.3) is 0 Å². The molecule has 1 aliphatic carbocycles. The van der Waals surface area contributed by atoms with E-state index in [1.165, 1.54) is 0 Å². The fourth-order valence-corrected chi connectivity index (χ4v) is 5.76. The number of aromatic nitrogens is 3. The van der Waals surface area contributed by atoms with Crippen molar-refractivity contribution in [2.24, 2.45) is 0 Å². The van der Waals surface area contributed by atoms with Crippen LogP contribution in [0.3, 0.4) is 0 Å². The van der Waals surface area contributed by atoms with Gasteiger partial charge in [-0.1, -0.05) is 43.6 Å². The topological polar surface area (TPSA) is 80.6 Å². The zero-order valence-electron chi connectivity index (χ0n) is 23.8. The number of benzene rings is 1. The number of pyridine rings is 1. The molecule has 1 saturated heterocycles. The van der Waals surface area contributed by atoms with Crippen molar-refractivity contribution in [3.63, 3.8) is 0 Å². The standard InChI is InChI=1S/C30H38ClN5O3/c1-7-19-10-9-11-20(8-2)25(19)36-27-22(16-23(31)24(32-27)21-12-13-21)26(33-28(36)37)35-15-14-34(17-18(35)3)29(38)39-30(4,5)6/h9-11,16,18,21H,7-8,12-15,17H2,1-6H3. The number of nitrogens with zero attached hydrogens (tertiary/aromatic N) is 5. The second kappa shape index (κ2) is 10.5. The van der Waals surface area contributed by atoms with E-state index >= 15 is 0 Å². The molecular formula is C30H38ClN5O3. The number of fused-ring (bicyclic) bond motifs is 1. The minimum atomic E-state index is -0.562. The van der Waals surface area contributed by atoms with Gasteiger partial charge in [0, 0.05) is 31.6 Å². The summed E-state index contributed by atoms with van der Waals surface area (Å²) >= 11 is 6.80. The summed E-state index contributed by atoms with van der Waals surface area (Å²) < 4.78 is 7.29. The Labute approximate surface area is 234 Å². The molecule has 8 nitrogen and oxygen atoms in total. The molecular weight excluding hydrogens is 514 g/mol. The minimum absolute atomic E-state index is 0.0896. The van der Waals surface area contributed by atoms with Crippen molar-refractivity contribution in [3.8, 4) is 5.69 Å². The summed E-state index contributed by atoms with van der Waals surface area (Å²) in [6, 6.07) is 8.02. The molecule has 0 bridgehead atoms. The largest absolute Gasteiger partial charge is 0.444 e. The maximum Gasteiger partial charge on any atom is 0.410 e. The van der Waals surface area contributed by atoms with Crippen molar-refractivity contribution >= 4 is 34.5 Å². The first-order valence-electron chi connectivity index (χ1n) is 14.0. The summed E-state index contributed by atoms with van der Waals surface area (Å²) in [5, 5.41) is 1.35. The minimum Gasteiger partial charge on any atom is -0.444 e. The number of para-hydroxylation sites is 1. The van der Waals surface area contributed by atoms with E-state index in [-0.39, 0.29) is 17.8 Å². The number of aryl methyl sites for hydroxylation is 2. The van der Waals surface area contributed by atoms with E-state index in [0.717, 1.165) is 53.6 Å². The Hall–Kier alpha value is -3.13. The molecule has 9 heteroatoms. The molecule has 1 atom stereocenters. The third kappa shape index (κ3) is 5.36. The summed E-state index contributed by atoms with van der Waals surface area (Å²) in [5.41, 5.74) is 3.56. The van der Waals surface area contributed by atoms with E-state index in [1.807, 2.05) is 39.8 Å². The van der Waals surface area contributed by atoms with Crippen molar-refractivity contribution < 1.29 is 9.53 Å². The Morgan fingerprint density at radius 2 is 1.77 bits per heavy atom. The van der Waals surface area contributed by atoms with Crippen LogP contribution in [0.15, 0.2) is 29.1 Å². The predicted octanol–water partition coefficient (Wildman–Crippen LogP) is 5.88. The van der Waals surface area contributed by atoms with Gasteiger partial charge in [-0.15, -0.1) is 0 Å². The van der Waals surface area contributed by atoms with Gasteiger partial charge in [-0.05, 0) is 70.6 Å². The Kier molecular flexibility index (Phi) is 7.35. The van der Waals surface area contributed by atoms with Gasteiger partial charge in [0.2, 0.25) is 0 Å². The number of hydrogen-bond acceptors (Lipinski definition) is 6. The number of hydrogen-bond donors (Lipinski definition) is 0. The summed E-state index contributed by atoms with van der Waals surface area (Å²) in [6.07, 6.45) is 3.34. The third-order valence-electron chi connectivity index (χ3n) is 7.53. The fraction of sp³-hybridized carbons (Fsp3) is 0.533. The molecule has 2 aliphatic rings. The lowest BCUT2D eigenvalue weighted by molar-refractivity contribution is 0.0218. The lowest BCUT2D eigenvalue weighted by atomic mass is 10.0. The molecule has 1 aliphatic heterocycles. The maximum absolute atomic E-state index is 13.9. The fourth-order valence-electron chi connectivity index (χ4n) is 5.45. The average Bonchev–Trinajstić information content (AvgIpc) is 3.72. The third-order valence-corrected chi connectivity index (χ3v) is 7.84. The number of piperazine rings is 1. The van der Waals surface area contributed by atoms with Gasteiger partial charge in [0.15, 0.2) is 5.65 Å². The van der Waals surface area contributed by atoms with Gasteiger partial charge in [-0.2, -0.15) is 4.98 Å². The second-order valence-electron chi connectivity index (χ2n) is 11.7. The van der Waals surface area contributed by atoms with E-state index < -0.39 is 5.60 Å².